The van der Waals surface area contributed by atoms with Gasteiger partial charge in [0.1, 0.15) is 0 Å². The summed E-state index contributed by atoms with van der Waals surface area (Å²) in [5, 5.41) is 0. The molecule has 1 heterocycles. The Hall–Kier alpha value is -1.57. The van der Waals surface area contributed by atoms with Crippen molar-refractivity contribution in [2.45, 2.75) is 39.5 Å². The molecule has 2 nitrogen and oxygen atoms in total. The molecule has 1 aromatic rings. The second-order valence-electron chi connectivity index (χ2n) is 5.67. The van der Waals surface area contributed by atoms with Gasteiger partial charge < -0.3 is 4.90 Å². The quantitative estimate of drug-likeness (QED) is 0.726. The van der Waals surface area contributed by atoms with Gasteiger partial charge in [0.25, 0.3) is 0 Å². The lowest BCUT2D eigenvalue weighted by Crippen LogP contribution is -2.36. The van der Waals surface area contributed by atoms with E-state index >= 15 is 0 Å². The zero-order chi connectivity index (χ0) is 13.5. The molecule has 0 bridgehead atoms. The Bertz CT molecular complexity index is 526. The Morgan fingerprint density at radius 3 is 2.44 bits per heavy atom. The molecule has 0 N–H and O–H groups in total. The summed E-state index contributed by atoms with van der Waals surface area (Å²) < 4.78 is 0. The smallest absolute Gasteiger partial charge is 0.237 e. The third kappa shape index (κ3) is 1.76. The first-order valence-corrected chi connectivity index (χ1v) is 6.38. The number of amides is 1. The van der Waals surface area contributed by atoms with Gasteiger partial charge >= 0.3 is 0 Å². The van der Waals surface area contributed by atoms with Crippen molar-refractivity contribution in [2.24, 2.45) is 0 Å². The molecule has 1 amide bonds. The molecular formula is C16H21NO. The van der Waals surface area contributed by atoms with Crippen LogP contribution in [0, 0.1) is 0 Å². The highest BCUT2D eigenvalue weighted by Crippen LogP contribution is 2.44. The minimum absolute atomic E-state index is 0.198. The zero-order valence-corrected chi connectivity index (χ0v) is 11.9. The number of hydrogen-bond acceptors (Lipinski definition) is 1. The van der Waals surface area contributed by atoms with Crippen molar-refractivity contribution in [3.05, 3.63) is 41.0 Å². The standard InChI is InChI=1S/C16H21NO/c1-11(2)12(3)10-16(4)13-8-6-7-9-14(13)17(5)15(16)18/h6-9H,10H2,1-5H3. The van der Waals surface area contributed by atoms with Crippen LogP contribution in [0.25, 0.3) is 0 Å². The molecule has 1 unspecified atom stereocenters. The van der Waals surface area contributed by atoms with Crippen LogP contribution in [0.2, 0.25) is 0 Å². The van der Waals surface area contributed by atoms with Gasteiger partial charge in [-0.2, -0.15) is 0 Å². The average molecular weight is 243 g/mol. The third-order valence-electron chi connectivity index (χ3n) is 4.11. The van der Waals surface area contributed by atoms with Gasteiger partial charge in [0.2, 0.25) is 5.91 Å². The number of nitrogens with zero attached hydrogens (tertiary/aromatic N) is 1. The molecule has 1 aliphatic heterocycles. The van der Waals surface area contributed by atoms with E-state index in [0.29, 0.717) is 0 Å². The molecule has 0 aliphatic carbocycles. The first kappa shape index (κ1) is 12.9. The van der Waals surface area contributed by atoms with Crippen LogP contribution in [-0.2, 0) is 10.2 Å². The van der Waals surface area contributed by atoms with Crippen LogP contribution < -0.4 is 4.90 Å². The number of allylic oxidation sites excluding steroid dienone is 2. The normalized spacial score (nSPS) is 22.1. The molecule has 0 fully saturated rings. The summed E-state index contributed by atoms with van der Waals surface area (Å²) in [5.41, 5.74) is 4.39. The SMILES string of the molecule is CC(C)=C(C)CC1(C)C(=O)N(C)c2ccccc21. The van der Waals surface area contributed by atoms with Crippen molar-refractivity contribution in [1.82, 2.24) is 0 Å². The molecular weight excluding hydrogens is 222 g/mol. The van der Waals surface area contributed by atoms with Gasteiger partial charge in [0.15, 0.2) is 0 Å². The van der Waals surface area contributed by atoms with Gasteiger partial charge in [0.05, 0.1) is 5.41 Å². The van der Waals surface area contributed by atoms with E-state index in [4.69, 9.17) is 0 Å². The minimum Gasteiger partial charge on any atom is -0.314 e. The van der Waals surface area contributed by atoms with Gasteiger partial charge in [-0.05, 0) is 45.7 Å². The fraction of sp³-hybridized carbons (Fsp3) is 0.438. The second kappa shape index (κ2) is 4.27. The molecule has 1 aliphatic rings. The average Bonchev–Trinajstić information content (AvgIpc) is 2.53. The third-order valence-corrected chi connectivity index (χ3v) is 4.11. The summed E-state index contributed by atoms with van der Waals surface area (Å²) in [7, 11) is 1.87. The fourth-order valence-corrected chi connectivity index (χ4v) is 2.71. The van der Waals surface area contributed by atoms with Crippen molar-refractivity contribution < 1.29 is 4.79 Å². The number of anilines is 1. The molecule has 18 heavy (non-hydrogen) atoms. The van der Waals surface area contributed by atoms with Crippen molar-refractivity contribution in [3.63, 3.8) is 0 Å². The van der Waals surface area contributed by atoms with E-state index in [1.54, 1.807) is 4.90 Å². The molecule has 1 atom stereocenters. The minimum atomic E-state index is -0.410. The summed E-state index contributed by atoms with van der Waals surface area (Å²) in [5.74, 6) is 0.198. The van der Waals surface area contributed by atoms with Crippen LogP contribution in [0.3, 0.4) is 0 Å². The Morgan fingerprint density at radius 1 is 1.22 bits per heavy atom. The number of likely N-dealkylation sites (N-methyl/N-ethyl adjacent to an activating group) is 1. The van der Waals surface area contributed by atoms with Crippen LogP contribution in [0.15, 0.2) is 35.4 Å². The molecule has 0 radical (unpaired) electrons. The Balaban J connectivity index is 2.51. The van der Waals surface area contributed by atoms with E-state index in [0.717, 1.165) is 17.7 Å². The lowest BCUT2D eigenvalue weighted by Gasteiger charge is -2.24. The van der Waals surface area contributed by atoms with Crippen LogP contribution in [0.4, 0.5) is 5.69 Å². The Kier molecular flexibility index (Phi) is 3.05. The molecule has 2 rings (SSSR count). The van der Waals surface area contributed by atoms with Gasteiger partial charge in [-0.3, -0.25) is 4.79 Å². The summed E-state index contributed by atoms with van der Waals surface area (Å²) in [4.78, 5) is 14.3. The number of benzene rings is 1. The van der Waals surface area contributed by atoms with Crippen LogP contribution >= 0.6 is 0 Å². The van der Waals surface area contributed by atoms with Gasteiger partial charge in [0, 0.05) is 12.7 Å². The van der Waals surface area contributed by atoms with Crippen molar-refractivity contribution in [1.29, 1.82) is 0 Å². The highest BCUT2D eigenvalue weighted by atomic mass is 16.2. The molecule has 1 aromatic carbocycles. The highest BCUT2D eigenvalue weighted by Gasteiger charge is 2.45. The van der Waals surface area contributed by atoms with Crippen LogP contribution in [-0.4, -0.2) is 13.0 Å². The number of carbonyl (C=O) groups is 1. The second-order valence-corrected chi connectivity index (χ2v) is 5.67. The predicted molar refractivity (Wildman–Crippen MR) is 75.9 cm³/mol. The molecule has 96 valence electrons. The van der Waals surface area contributed by atoms with Crippen molar-refractivity contribution in [2.75, 3.05) is 11.9 Å². The molecule has 0 saturated heterocycles. The van der Waals surface area contributed by atoms with Crippen molar-refractivity contribution in [3.8, 4) is 0 Å². The van der Waals surface area contributed by atoms with Crippen molar-refractivity contribution >= 4 is 11.6 Å². The maximum atomic E-state index is 12.5. The largest absolute Gasteiger partial charge is 0.314 e. The summed E-state index contributed by atoms with van der Waals surface area (Å²) >= 11 is 0. The number of rotatable bonds is 2. The van der Waals surface area contributed by atoms with Gasteiger partial charge in [-0.25, -0.2) is 0 Å². The van der Waals surface area contributed by atoms with Gasteiger partial charge in [-0.15, -0.1) is 0 Å². The fourth-order valence-electron chi connectivity index (χ4n) is 2.71. The van der Waals surface area contributed by atoms with E-state index in [-0.39, 0.29) is 5.91 Å². The Morgan fingerprint density at radius 2 is 1.83 bits per heavy atom. The number of carbonyl (C=O) groups excluding carboxylic acids is 1. The molecule has 0 saturated carbocycles. The lowest BCUT2D eigenvalue weighted by molar-refractivity contribution is -0.122. The summed E-state index contributed by atoms with van der Waals surface area (Å²) in [6, 6.07) is 8.11. The molecule has 0 aromatic heterocycles. The van der Waals surface area contributed by atoms with E-state index < -0.39 is 5.41 Å². The number of hydrogen-bond donors (Lipinski definition) is 0. The summed E-state index contributed by atoms with van der Waals surface area (Å²) in [6.45, 7) is 8.39. The van der Waals surface area contributed by atoms with E-state index in [1.807, 2.05) is 25.2 Å². The Labute approximate surface area is 109 Å². The number of fused-ring (bicyclic) bond motifs is 1. The van der Waals surface area contributed by atoms with Gasteiger partial charge in [-0.1, -0.05) is 29.3 Å². The maximum Gasteiger partial charge on any atom is 0.237 e. The van der Waals surface area contributed by atoms with E-state index in [9.17, 15) is 4.79 Å². The zero-order valence-electron chi connectivity index (χ0n) is 11.9. The highest BCUT2D eigenvalue weighted by molar-refractivity contribution is 6.07. The first-order chi connectivity index (χ1) is 8.38. The van der Waals surface area contributed by atoms with Crippen LogP contribution in [0.5, 0.6) is 0 Å². The van der Waals surface area contributed by atoms with E-state index in [1.165, 1.54) is 11.1 Å². The first-order valence-electron chi connectivity index (χ1n) is 6.38. The monoisotopic (exact) mass is 243 g/mol. The summed E-state index contributed by atoms with van der Waals surface area (Å²) in [6.07, 6.45) is 0.801. The maximum absolute atomic E-state index is 12.5. The van der Waals surface area contributed by atoms with Crippen LogP contribution in [0.1, 0.15) is 39.7 Å². The molecule has 2 heteroatoms. The molecule has 0 spiro atoms. The number of para-hydroxylation sites is 1. The topological polar surface area (TPSA) is 20.3 Å². The lowest BCUT2D eigenvalue weighted by atomic mass is 9.78. The van der Waals surface area contributed by atoms with E-state index in [2.05, 4.69) is 33.8 Å². The predicted octanol–water partition coefficient (Wildman–Crippen LogP) is 3.67.